The number of nitrogens with two attached hydrogens (primary N) is 1. The Morgan fingerprint density at radius 3 is 2.67 bits per heavy atom. The number of halogens is 1. The second-order valence-electron chi connectivity index (χ2n) is 6.58. The van der Waals surface area contributed by atoms with Crippen LogP contribution in [0.2, 0.25) is 0 Å². The van der Waals surface area contributed by atoms with Crippen molar-refractivity contribution in [2.75, 3.05) is 6.73 Å². The van der Waals surface area contributed by atoms with Gasteiger partial charge in [0.25, 0.3) is 0 Å². The number of rotatable bonds is 8. The largest absolute Gasteiger partial charge is 0.480 e. The molecule has 4 N–H and O–H groups in total. The smallest absolute Gasteiger partial charge is 0.320 e. The van der Waals surface area contributed by atoms with Gasteiger partial charge in [-0.15, -0.1) is 0 Å². The first kappa shape index (κ1) is 21.2. The van der Waals surface area contributed by atoms with E-state index in [0.29, 0.717) is 22.6 Å². The highest BCUT2D eigenvalue weighted by atomic mass is 19.1. The van der Waals surface area contributed by atoms with Gasteiger partial charge in [0.1, 0.15) is 30.3 Å². The van der Waals surface area contributed by atoms with E-state index in [-0.39, 0.29) is 25.2 Å². The number of benzene rings is 2. The van der Waals surface area contributed by atoms with Gasteiger partial charge in [-0.2, -0.15) is 0 Å². The number of hydrogen-bond acceptors (Lipinski definition) is 7. The number of ether oxygens (including phenoxy) is 2. The van der Waals surface area contributed by atoms with Crippen LogP contribution in [-0.4, -0.2) is 42.0 Å². The summed E-state index contributed by atoms with van der Waals surface area (Å²) in [4.78, 5) is 33.1. The Labute approximate surface area is 171 Å². The van der Waals surface area contributed by atoms with Crippen LogP contribution in [0.25, 0.3) is 6.08 Å². The summed E-state index contributed by atoms with van der Waals surface area (Å²) in [6.45, 7) is 0.129. The zero-order valence-corrected chi connectivity index (χ0v) is 15.7. The number of aliphatic carboxylic acids is 1. The molecular formula is C21H19FN2O6. The lowest BCUT2D eigenvalue weighted by Gasteiger charge is -2.10. The zero-order valence-electron chi connectivity index (χ0n) is 15.7. The first-order valence-electron chi connectivity index (χ1n) is 8.99. The Balaban J connectivity index is 1.69. The van der Waals surface area contributed by atoms with Gasteiger partial charge in [-0.25, -0.2) is 4.39 Å². The molecule has 1 fully saturated rings. The van der Waals surface area contributed by atoms with Crippen molar-refractivity contribution in [1.82, 2.24) is 5.32 Å². The molecule has 0 radical (unpaired) electrons. The molecule has 3 rings (SSSR count). The highest BCUT2D eigenvalue weighted by molar-refractivity contribution is 6.28. The summed E-state index contributed by atoms with van der Waals surface area (Å²) < 4.78 is 25.1. The quantitative estimate of drug-likeness (QED) is 0.439. The molecule has 1 aliphatic heterocycles. The number of ketones is 1. The van der Waals surface area contributed by atoms with Gasteiger partial charge in [-0.1, -0.05) is 18.2 Å². The first-order chi connectivity index (χ1) is 14.4. The van der Waals surface area contributed by atoms with Crippen LogP contribution in [0.15, 0.2) is 48.2 Å². The van der Waals surface area contributed by atoms with Gasteiger partial charge >= 0.3 is 5.97 Å². The fourth-order valence-corrected chi connectivity index (χ4v) is 2.84. The second kappa shape index (κ2) is 9.29. The average molecular weight is 414 g/mol. The lowest BCUT2D eigenvalue weighted by Crippen LogP contribution is -2.32. The Morgan fingerprint density at radius 2 is 2.03 bits per heavy atom. The van der Waals surface area contributed by atoms with Crippen LogP contribution in [0.4, 0.5) is 4.39 Å². The number of aldehydes is 1. The van der Waals surface area contributed by atoms with Gasteiger partial charge < -0.3 is 20.3 Å². The average Bonchev–Trinajstić information content (AvgIpc) is 3.18. The Bertz CT molecular complexity index is 989. The van der Waals surface area contributed by atoms with E-state index in [0.717, 1.165) is 0 Å². The lowest BCUT2D eigenvalue weighted by molar-refractivity contribution is -0.138. The summed E-state index contributed by atoms with van der Waals surface area (Å²) in [5.74, 6) is -1.74. The SMILES string of the molecule is NC(Cc1ccc(Oc2ccc(C=C3OCNC3C(=O)C=O)cc2)c(F)c1)C(=O)O. The summed E-state index contributed by atoms with van der Waals surface area (Å²) in [6, 6.07) is 8.81. The summed E-state index contributed by atoms with van der Waals surface area (Å²) in [5, 5.41) is 11.6. The minimum absolute atomic E-state index is 0.000424. The van der Waals surface area contributed by atoms with Crippen molar-refractivity contribution in [2.45, 2.75) is 18.5 Å². The number of carbonyl (C=O) groups is 3. The minimum atomic E-state index is -1.16. The number of hydrogen-bond donors (Lipinski definition) is 3. The topological polar surface area (TPSA) is 128 Å². The number of Topliss-reactive ketones (excluding diaryl/α,β-unsaturated/α-hetero) is 1. The van der Waals surface area contributed by atoms with Gasteiger partial charge in [0, 0.05) is 0 Å². The second-order valence-corrected chi connectivity index (χ2v) is 6.58. The molecule has 0 bridgehead atoms. The molecule has 2 aromatic rings. The van der Waals surface area contributed by atoms with Gasteiger partial charge in [0.15, 0.2) is 17.9 Å². The fourth-order valence-electron chi connectivity index (χ4n) is 2.84. The molecule has 0 aliphatic carbocycles. The molecule has 0 aromatic heterocycles. The zero-order chi connectivity index (χ0) is 21.7. The highest BCUT2D eigenvalue weighted by Gasteiger charge is 2.28. The monoisotopic (exact) mass is 414 g/mol. The summed E-state index contributed by atoms with van der Waals surface area (Å²) >= 11 is 0. The van der Waals surface area contributed by atoms with Crippen LogP contribution in [0, 0.1) is 5.82 Å². The van der Waals surface area contributed by atoms with E-state index in [9.17, 15) is 18.8 Å². The van der Waals surface area contributed by atoms with Crippen LogP contribution in [0.1, 0.15) is 11.1 Å². The molecule has 2 aromatic carbocycles. The third kappa shape index (κ3) is 5.07. The molecule has 30 heavy (non-hydrogen) atoms. The highest BCUT2D eigenvalue weighted by Crippen LogP contribution is 2.26. The van der Waals surface area contributed by atoms with Crippen molar-refractivity contribution >= 4 is 24.1 Å². The van der Waals surface area contributed by atoms with Crippen molar-refractivity contribution in [3.8, 4) is 11.5 Å². The molecule has 0 saturated carbocycles. The number of nitrogens with one attached hydrogen (secondary N) is 1. The van der Waals surface area contributed by atoms with Gasteiger partial charge in [-0.3, -0.25) is 19.7 Å². The third-order valence-corrected chi connectivity index (χ3v) is 4.40. The van der Waals surface area contributed by atoms with Crippen molar-refractivity contribution in [1.29, 1.82) is 0 Å². The molecule has 9 heteroatoms. The van der Waals surface area contributed by atoms with Crippen LogP contribution in [0.3, 0.4) is 0 Å². The van der Waals surface area contributed by atoms with E-state index >= 15 is 0 Å². The molecule has 2 atom stereocenters. The Kier molecular flexibility index (Phi) is 6.55. The van der Waals surface area contributed by atoms with E-state index in [1.165, 1.54) is 12.1 Å². The third-order valence-electron chi connectivity index (χ3n) is 4.40. The molecule has 2 unspecified atom stereocenters. The van der Waals surface area contributed by atoms with Crippen LogP contribution >= 0.6 is 0 Å². The summed E-state index contributed by atoms with van der Waals surface area (Å²) in [7, 11) is 0. The normalized spacial score (nSPS) is 17.9. The van der Waals surface area contributed by atoms with Crippen LogP contribution in [-0.2, 0) is 25.5 Å². The van der Waals surface area contributed by atoms with E-state index in [1.807, 2.05) is 0 Å². The van der Waals surface area contributed by atoms with Crippen molar-refractivity contribution in [2.24, 2.45) is 5.73 Å². The predicted molar refractivity (Wildman–Crippen MR) is 104 cm³/mol. The first-order valence-corrected chi connectivity index (χ1v) is 8.99. The van der Waals surface area contributed by atoms with E-state index in [4.69, 9.17) is 20.3 Å². The van der Waals surface area contributed by atoms with Crippen molar-refractivity contribution < 1.29 is 33.4 Å². The lowest BCUT2D eigenvalue weighted by atomic mass is 10.1. The van der Waals surface area contributed by atoms with Gasteiger partial charge in [0.05, 0.1) is 0 Å². The number of carboxylic acid groups (broad SMARTS) is 1. The van der Waals surface area contributed by atoms with Crippen molar-refractivity contribution in [3.05, 3.63) is 65.2 Å². The molecule has 0 spiro atoms. The maximum absolute atomic E-state index is 14.3. The van der Waals surface area contributed by atoms with Gasteiger partial charge in [0.2, 0.25) is 5.78 Å². The molecule has 0 amide bonds. The molecule has 1 saturated heterocycles. The standard InChI is InChI=1S/C21H19FN2O6/c22-15-7-13(8-16(23)21(27)28)3-6-18(15)30-14-4-1-12(2-5-14)9-19-20(17(26)10-25)24-11-29-19/h1-7,9-10,16,20,24H,8,11,23H2,(H,27,28). The van der Waals surface area contributed by atoms with E-state index in [2.05, 4.69) is 5.32 Å². The van der Waals surface area contributed by atoms with Crippen LogP contribution in [0.5, 0.6) is 11.5 Å². The number of carbonyl (C=O) groups excluding carboxylic acids is 2. The van der Waals surface area contributed by atoms with E-state index in [1.54, 1.807) is 36.4 Å². The van der Waals surface area contributed by atoms with Gasteiger partial charge in [-0.05, 0) is 47.9 Å². The minimum Gasteiger partial charge on any atom is -0.480 e. The molecule has 156 valence electrons. The molecule has 1 aliphatic rings. The fraction of sp³-hybridized carbons (Fsp3) is 0.190. The molecule has 8 nitrogen and oxygen atoms in total. The Hall–Kier alpha value is -3.56. The Morgan fingerprint density at radius 1 is 1.30 bits per heavy atom. The molecular weight excluding hydrogens is 395 g/mol. The maximum atomic E-state index is 14.3. The molecule has 1 heterocycles. The van der Waals surface area contributed by atoms with Crippen LogP contribution < -0.4 is 15.8 Å². The number of carboxylic acids is 1. The van der Waals surface area contributed by atoms with Crippen molar-refractivity contribution in [3.63, 3.8) is 0 Å². The summed E-state index contributed by atoms with van der Waals surface area (Å²) in [5.41, 5.74) is 6.60. The summed E-state index contributed by atoms with van der Waals surface area (Å²) in [6.07, 6.45) is 1.86. The van der Waals surface area contributed by atoms with E-state index < -0.39 is 29.7 Å². The maximum Gasteiger partial charge on any atom is 0.320 e. The predicted octanol–water partition coefficient (Wildman–Crippen LogP) is 1.63.